The van der Waals surface area contributed by atoms with Gasteiger partial charge in [0, 0.05) is 0 Å². The first-order valence-corrected chi connectivity index (χ1v) is 5.17. The molecule has 0 radical (unpaired) electrons. The van der Waals surface area contributed by atoms with Crippen LogP contribution in [0.3, 0.4) is 0 Å². The summed E-state index contributed by atoms with van der Waals surface area (Å²) in [6.07, 6.45) is -0.262. The molecular weight excluding hydrogens is 152 g/mol. The summed E-state index contributed by atoms with van der Waals surface area (Å²) in [6, 6.07) is 0. The lowest BCUT2D eigenvalue weighted by molar-refractivity contribution is 0.0256. The first-order chi connectivity index (χ1) is 4.49. The predicted octanol–water partition coefficient (Wildman–Crippen LogP) is 0.208. The number of hydrogen-bond acceptors (Lipinski definition) is 3. The van der Waals surface area contributed by atoms with Crippen molar-refractivity contribution in [1.82, 2.24) is 0 Å². The molecule has 0 amide bonds. The summed E-state index contributed by atoms with van der Waals surface area (Å²) in [5.74, 6) is 0.356. The van der Waals surface area contributed by atoms with Gasteiger partial charge in [0.15, 0.2) is 9.84 Å². The zero-order chi connectivity index (χ0) is 7.78. The summed E-state index contributed by atoms with van der Waals surface area (Å²) >= 11 is 0. The van der Waals surface area contributed by atoms with Gasteiger partial charge in [0.05, 0.1) is 23.7 Å². The summed E-state index contributed by atoms with van der Waals surface area (Å²) in [5, 5.41) is 0. The highest BCUT2D eigenvalue weighted by Gasteiger charge is 2.26. The molecule has 4 heteroatoms. The maximum absolute atomic E-state index is 11.0. The third kappa shape index (κ3) is 1.95. The predicted molar refractivity (Wildman–Crippen MR) is 38.7 cm³/mol. The molecule has 0 aromatic carbocycles. The van der Waals surface area contributed by atoms with E-state index in [2.05, 4.69) is 0 Å². The summed E-state index contributed by atoms with van der Waals surface area (Å²) in [4.78, 5) is 0. The third-order valence-corrected chi connectivity index (χ3v) is 3.40. The first-order valence-electron chi connectivity index (χ1n) is 3.35. The van der Waals surface area contributed by atoms with Crippen molar-refractivity contribution in [3.63, 3.8) is 0 Å². The number of ether oxygens (including phenoxy) is 1. The van der Waals surface area contributed by atoms with Crippen molar-refractivity contribution in [3.8, 4) is 0 Å². The van der Waals surface area contributed by atoms with Gasteiger partial charge < -0.3 is 4.74 Å². The Morgan fingerprint density at radius 3 is 1.90 bits per heavy atom. The second-order valence-corrected chi connectivity index (χ2v) is 4.99. The minimum atomic E-state index is -2.81. The van der Waals surface area contributed by atoms with Gasteiger partial charge in [-0.15, -0.1) is 0 Å². The van der Waals surface area contributed by atoms with Crippen molar-refractivity contribution in [2.75, 3.05) is 11.5 Å². The lowest BCUT2D eigenvalue weighted by Gasteiger charge is -2.24. The van der Waals surface area contributed by atoms with Gasteiger partial charge in [-0.3, -0.25) is 0 Å². The van der Waals surface area contributed by atoms with Crippen LogP contribution in [0.15, 0.2) is 0 Å². The normalized spacial score (nSPS) is 39.4. The molecule has 2 unspecified atom stereocenters. The highest BCUT2D eigenvalue weighted by atomic mass is 32.2. The fraction of sp³-hybridized carbons (Fsp3) is 1.00. The molecule has 0 spiro atoms. The molecule has 3 nitrogen and oxygen atoms in total. The molecule has 0 saturated carbocycles. The average molecular weight is 164 g/mol. The number of hydrogen-bond donors (Lipinski definition) is 0. The van der Waals surface area contributed by atoms with Gasteiger partial charge in [0.25, 0.3) is 0 Å². The Balaban J connectivity index is 2.69. The van der Waals surface area contributed by atoms with E-state index in [4.69, 9.17) is 4.74 Å². The van der Waals surface area contributed by atoms with Crippen molar-refractivity contribution >= 4 is 9.84 Å². The van der Waals surface area contributed by atoms with Gasteiger partial charge in [-0.2, -0.15) is 0 Å². The van der Waals surface area contributed by atoms with E-state index in [0.29, 0.717) is 0 Å². The van der Waals surface area contributed by atoms with Crippen LogP contribution in [0.4, 0.5) is 0 Å². The lowest BCUT2D eigenvalue weighted by Crippen LogP contribution is -2.37. The highest BCUT2D eigenvalue weighted by Crippen LogP contribution is 2.11. The van der Waals surface area contributed by atoms with Crippen molar-refractivity contribution in [1.29, 1.82) is 0 Å². The summed E-state index contributed by atoms with van der Waals surface area (Å²) < 4.78 is 27.2. The zero-order valence-corrected chi connectivity index (χ0v) is 7.02. The van der Waals surface area contributed by atoms with E-state index in [1.165, 1.54) is 0 Å². The minimum Gasteiger partial charge on any atom is -0.373 e. The molecular formula is C6H12O3S. The van der Waals surface area contributed by atoms with E-state index < -0.39 is 9.84 Å². The van der Waals surface area contributed by atoms with Crippen LogP contribution in [-0.2, 0) is 14.6 Å². The maximum atomic E-state index is 11.0. The largest absolute Gasteiger partial charge is 0.373 e. The second kappa shape index (κ2) is 2.51. The Hall–Kier alpha value is -0.0900. The molecule has 0 aromatic heterocycles. The number of sulfone groups is 1. The van der Waals surface area contributed by atoms with Crippen LogP contribution < -0.4 is 0 Å². The van der Waals surface area contributed by atoms with E-state index >= 15 is 0 Å². The zero-order valence-electron chi connectivity index (χ0n) is 6.20. The molecule has 0 aromatic rings. The van der Waals surface area contributed by atoms with Crippen LogP contribution in [0.5, 0.6) is 0 Å². The van der Waals surface area contributed by atoms with Crippen LogP contribution in [0.2, 0.25) is 0 Å². The molecule has 0 aliphatic carbocycles. The van der Waals surface area contributed by atoms with Crippen molar-refractivity contribution in [3.05, 3.63) is 0 Å². The molecule has 1 heterocycles. The monoisotopic (exact) mass is 164 g/mol. The Morgan fingerprint density at radius 1 is 1.20 bits per heavy atom. The van der Waals surface area contributed by atoms with E-state index in [9.17, 15) is 8.42 Å². The third-order valence-electron chi connectivity index (χ3n) is 1.44. The smallest absolute Gasteiger partial charge is 0.155 e. The quantitative estimate of drug-likeness (QED) is 0.514. The molecule has 0 N–H and O–H groups in total. The van der Waals surface area contributed by atoms with Gasteiger partial charge in [-0.1, -0.05) is 0 Å². The van der Waals surface area contributed by atoms with Crippen LogP contribution in [-0.4, -0.2) is 32.1 Å². The molecule has 1 rings (SSSR count). The molecule has 1 aliphatic heterocycles. The molecule has 0 bridgehead atoms. The standard InChI is InChI=1S/C6H12O3S/c1-5-3-10(7,8)4-6(2)9-5/h5-6H,3-4H2,1-2H3. The van der Waals surface area contributed by atoms with E-state index in [0.717, 1.165) is 0 Å². The van der Waals surface area contributed by atoms with Crippen LogP contribution >= 0.6 is 0 Å². The Kier molecular flexibility index (Phi) is 2.01. The molecule has 10 heavy (non-hydrogen) atoms. The molecule has 2 atom stereocenters. The first kappa shape index (κ1) is 8.01. The van der Waals surface area contributed by atoms with Gasteiger partial charge in [-0.05, 0) is 13.8 Å². The van der Waals surface area contributed by atoms with Crippen molar-refractivity contribution in [2.45, 2.75) is 26.1 Å². The SMILES string of the molecule is CC1CS(=O)(=O)CC(C)O1. The highest BCUT2D eigenvalue weighted by molar-refractivity contribution is 7.91. The Bertz CT molecular complexity index is 191. The van der Waals surface area contributed by atoms with Crippen molar-refractivity contribution in [2.24, 2.45) is 0 Å². The van der Waals surface area contributed by atoms with Gasteiger partial charge in [-0.25, -0.2) is 8.42 Å². The molecule has 60 valence electrons. The Morgan fingerprint density at radius 2 is 1.60 bits per heavy atom. The van der Waals surface area contributed by atoms with Crippen LogP contribution in [0.1, 0.15) is 13.8 Å². The summed E-state index contributed by atoms with van der Waals surface area (Å²) in [6.45, 7) is 3.57. The van der Waals surface area contributed by atoms with Gasteiger partial charge in [0.2, 0.25) is 0 Å². The topological polar surface area (TPSA) is 43.4 Å². The van der Waals surface area contributed by atoms with E-state index in [1.54, 1.807) is 13.8 Å². The van der Waals surface area contributed by atoms with Gasteiger partial charge in [0.1, 0.15) is 0 Å². The lowest BCUT2D eigenvalue weighted by atomic mass is 10.4. The van der Waals surface area contributed by atoms with Gasteiger partial charge >= 0.3 is 0 Å². The summed E-state index contributed by atoms with van der Waals surface area (Å²) in [7, 11) is -2.81. The van der Waals surface area contributed by atoms with Crippen LogP contribution in [0.25, 0.3) is 0 Å². The van der Waals surface area contributed by atoms with E-state index in [-0.39, 0.29) is 23.7 Å². The fourth-order valence-corrected chi connectivity index (χ4v) is 2.98. The Labute approximate surface area is 61.3 Å². The van der Waals surface area contributed by atoms with E-state index in [1.807, 2.05) is 0 Å². The second-order valence-electron chi connectivity index (χ2n) is 2.83. The average Bonchev–Trinajstić information content (AvgIpc) is 1.54. The summed E-state index contributed by atoms with van der Waals surface area (Å²) in [5.41, 5.74) is 0. The van der Waals surface area contributed by atoms with Crippen molar-refractivity contribution < 1.29 is 13.2 Å². The number of rotatable bonds is 0. The molecule has 1 aliphatic rings. The minimum absolute atomic E-state index is 0.131. The molecule has 1 fully saturated rings. The maximum Gasteiger partial charge on any atom is 0.155 e. The van der Waals surface area contributed by atoms with Crippen LogP contribution in [0, 0.1) is 0 Å². The molecule has 1 saturated heterocycles. The fourth-order valence-electron chi connectivity index (χ4n) is 1.26.